The topological polar surface area (TPSA) is 46.2 Å². The largest absolute Gasteiger partial charge is 0.388 e. The van der Waals surface area contributed by atoms with Crippen molar-refractivity contribution in [2.24, 2.45) is 5.73 Å². The molecule has 0 aromatic heterocycles. The van der Waals surface area contributed by atoms with Gasteiger partial charge in [-0.2, -0.15) is 0 Å². The standard InChI is InChI=1S/C17H21NO/c1-12-5-3-7-14(9-12)16(11-18)17(19)15-8-4-6-13(2)10-15/h3-10,16-17,19H,11,18H2,1-2H3. The molecule has 19 heavy (non-hydrogen) atoms. The second-order valence-electron chi connectivity index (χ2n) is 5.12. The highest BCUT2D eigenvalue weighted by atomic mass is 16.3. The molecular formula is C17H21NO. The summed E-state index contributed by atoms with van der Waals surface area (Å²) in [4.78, 5) is 0. The summed E-state index contributed by atoms with van der Waals surface area (Å²) in [5, 5.41) is 10.6. The minimum absolute atomic E-state index is 0.0679. The Bertz CT molecular complexity index is 550. The number of rotatable bonds is 4. The highest BCUT2D eigenvalue weighted by Gasteiger charge is 2.21. The molecule has 0 saturated carbocycles. The van der Waals surface area contributed by atoms with Gasteiger partial charge in [0.05, 0.1) is 6.10 Å². The Morgan fingerprint density at radius 1 is 0.947 bits per heavy atom. The van der Waals surface area contributed by atoms with Gasteiger partial charge in [0.1, 0.15) is 0 Å². The molecule has 0 aliphatic rings. The Morgan fingerprint density at radius 2 is 1.47 bits per heavy atom. The number of hydrogen-bond acceptors (Lipinski definition) is 2. The highest BCUT2D eigenvalue weighted by molar-refractivity contribution is 5.31. The van der Waals surface area contributed by atoms with Crippen LogP contribution in [-0.2, 0) is 0 Å². The zero-order valence-electron chi connectivity index (χ0n) is 11.5. The van der Waals surface area contributed by atoms with Crippen molar-refractivity contribution in [3.05, 3.63) is 70.8 Å². The quantitative estimate of drug-likeness (QED) is 0.882. The van der Waals surface area contributed by atoms with Gasteiger partial charge >= 0.3 is 0 Å². The van der Waals surface area contributed by atoms with E-state index in [4.69, 9.17) is 5.73 Å². The summed E-state index contributed by atoms with van der Waals surface area (Å²) < 4.78 is 0. The van der Waals surface area contributed by atoms with Crippen LogP contribution in [0.5, 0.6) is 0 Å². The summed E-state index contributed by atoms with van der Waals surface area (Å²) in [6.45, 7) is 4.51. The molecule has 0 radical (unpaired) electrons. The first kappa shape index (κ1) is 13.8. The van der Waals surface area contributed by atoms with Crippen LogP contribution in [0.15, 0.2) is 48.5 Å². The SMILES string of the molecule is Cc1cccc(C(O)C(CN)c2cccc(C)c2)c1. The van der Waals surface area contributed by atoms with Crippen LogP contribution in [0.2, 0.25) is 0 Å². The van der Waals surface area contributed by atoms with Crippen LogP contribution in [0, 0.1) is 13.8 Å². The first-order chi connectivity index (χ1) is 9.11. The summed E-state index contributed by atoms with van der Waals surface area (Å²) >= 11 is 0. The Balaban J connectivity index is 2.31. The van der Waals surface area contributed by atoms with Crippen LogP contribution in [0.4, 0.5) is 0 Å². The third-order valence-electron chi connectivity index (χ3n) is 3.49. The van der Waals surface area contributed by atoms with Crippen LogP contribution in [-0.4, -0.2) is 11.7 Å². The predicted octanol–water partition coefficient (Wildman–Crippen LogP) is 3.08. The van der Waals surface area contributed by atoms with Crippen molar-refractivity contribution in [1.82, 2.24) is 0 Å². The molecule has 0 bridgehead atoms. The van der Waals surface area contributed by atoms with Gasteiger partial charge in [0.15, 0.2) is 0 Å². The summed E-state index contributed by atoms with van der Waals surface area (Å²) in [5.74, 6) is -0.0679. The van der Waals surface area contributed by atoms with Gasteiger partial charge in [0, 0.05) is 12.5 Å². The van der Waals surface area contributed by atoms with E-state index >= 15 is 0 Å². The Kier molecular flexibility index (Phi) is 4.35. The van der Waals surface area contributed by atoms with Crippen LogP contribution >= 0.6 is 0 Å². The van der Waals surface area contributed by atoms with Gasteiger partial charge in [-0.25, -0.2) is 0 Å². The summed E-state index contributed by atoms with van der Waals surface area (Å²) in [6.07, 6.45) is -0.563. The average molecular weight is 255 g/mol. The van der Waals surface area contributed by atoms with Gasteiger partial charge < -0.3 is 10.8 Å². The molecule has 2 nitrogen and oxygen atoms in total. The fraction of sp³-hybridized carbons (Fsp3) is 0.294. The molecule has 0 spiro atoms. The molecule has 0 aliphatic carbocycles. The molecule has 3 N–H and O–H groups in total. The van der Waals surface area contributed by atoms with E-state index in [9.17, 15) is 5.11 Å². The van der Waals surface area contributed by atoms with Crippen molar-refractivity contribution in [3.8, 4) is 0 Å². The highest BCUT2D eigenvalue weighted by Crippen LogP contribution is 2.30. The van der Waals surface area contributed by atoms with Gasteiger partial charge in [-0.15, -0.1) is 0 Å². The Labute approximate surface area is 114 Å². The summed E-state index contributed by atoms with van der Waals surface area (Å²) in [7, 11) is 0. The number of aliphatic hydroxyl groups excluding tert-OH is 1. The van der Waals surface area contributed by atoms with Gasteiger partial charge in [0.2, 0.25) is 0 Å². The predicted molar refractivity (Wildman–Crippen MR) is 79.1 cm³/mol. The number of aliphatic hydroxyl groups is 1. The minimum atomic E-state index is -0.563. The van der Waals surface area contributed by atoms with Crippen LogP contribution in [0.25, 0.3) is 0 Å². The first-order valence-electron chi connectivity index (χ1n) is 6.63. The Morgan fingerprint density at radius 3 is 2.00 bits per heavy atom. The van der Waals surface area contributed by atoms with Gasteiger partial charge in [-0.05, 0) is 25.0 Å². The lowest BCUT2D eigenvalue weighted by atomic mass is 9.88. The maximum Gasteiger partial charge on any atom is 0.0870 e. The monoisotopic (exact) mass is 255 g/mol. The molecule has 2 rings (SSSR count). The minimum Gasteiger partial charge on any atom is -0.388 e. The van der Waals surface area contributed by atoms with Gasteiger partial charge in [0.25, 0.3) is 0 Å². The van der Waals surface area contributed by atoms with Crippen molar-refractivity contribution in [1.29, 1.82) is 0 Å². The van der Waals surface area contributed by atoms with Crippen LogP contribution in [0.3, 0.4) is 0 Å². The number of nitrogens with two attached hydrogens (primary N) is 1. The summed E-state index contributed by atoms with van der Waals surface area (Å²) in [6, 6.07) is 16.2. The molecule has 0 saturated heterocycles. The first-order valence-corrected chi connectivity index (χ1v) is 6.63. The van der Waals surface area contributed by atoms with Crippen LogP contribution < -0.4 is 5.73 Å². The van der Waals surface area contributed by atoms with E-state index in [1.165, 1.54) is 5.56 Å². The average Bonchev–Trinajstić information content (AvgIpc) is 2.39. The lowest BCUT2D eigenvalue weighted by molar-refractivity contribution is 0.147. The zero-order chi connectivity index (χ0) is 13.8. The smallest absolute Gasteiger partial charge is 0.0870 e. The third-order valence-corrected chi connectivity index (χ3v) is 3.49. The maximum atomic E-state index is 10.6. The van der Waals surface area contributed by atoms with Crippen LogP contribution in [0.1, 0.15) is 34.3 Å². The van der Waals surface area contributed by atoms with E-state index in [0.29, 0.717) is 6.54 Å². The van der Waals surface area contributed by atoms with Crippen molar-refractivity contribution in [2.75, 3.05) is 6.54 Å². The molecule has 0 amide bonds. The summed E-state index contributed by atoms with van der Waals surface area (Å²) in [5.41, 5.74) is 10.2. The molecule has 2 unspecified atom stereocenters. The molecule has 2 atom stereocenters. The van der Waals surface area contributed by atoms with Crippen molar-refractivity contribution < 1.29 is 5.11 Å². The van der Waals surface area contributed by atoms with E-state index in [0.717, 1.165) is 16.7 Å². The number of benzene rings is 2. The van der Waals surface area contributed by atoms with Crippen molar-refractivity contribution in [2.45, 2.75) is 25.9 Å². The molecule has 2 aromatic carbocycles. The fourth-order valence-corrected chi connectivity index (χ4v) is 2.43. The molecular weight excluding hydrogens is 234 g/mol. The second-order valence-corrected chi connectivity index (χ2v) is 5.12. The lowest BCUT2D eigenvalue weighted by Gasteiger charge is -2.23. The molecule has 0 aliphatic heterocycles. The van der Waals surface area contributed by atoms with E-state index in [2.05, 4.69) is 19.1 Å². The fourth-order valence-electron chi connectivity index (χ4n) is 2.43. The third kappa shape index (κ3) is 3.22. The molecule has 100 valence electrons. The Hall–Kier alpha value is -1.64. The second kappa shape index (κ2) is 6.00. The lowest BCUT2D eigenvalue weighted by Crippen LogP contribution is -2.20. The van der Waals surface area contributed by atoms with E-state index in [1.54, 1.807) is 0 Å². The van der Waals surface area contributed by atoms with Gasteiger partial charge in [-0.3, -0.25) is 0 Å². The maximum absolute atomic E-state index is 10.6. The number of aryl methyl sites for hydroxylation is 2. The zero-order valence-corrected chi connectivity index (χ0v) is 11.5. The molecule has 0 fully saturated rings. The van der Waals surface area contributed by atoms with Crippen molar-refractivity contribution in [3.63, 3.8) is 0 Å². The van der Waals surface area contributed by atoms with E-state index in [1.807, 2.05) is 43.3 Å². The van der Waals surface area contributed by atoms with E-state index in [-0.39, 0.29) is 5.92 Å². The van der Waals surface area contributed by atoms with Crippen molar-refractivity contribution >= 4 is 0 Å². The molecule has 0 heterocycles. The van der Waals surface area contributed by atoms with E-state index < -0.39 is 6.10 Å². The normalized spacial score (nSPS) is 14.1. The van der Waals surface area contributed by atoms with Gasteiger partial charge in [-0.1, -0.05) is 59.7 Å². The molecule has 2 heteroatoms. The number of hydrogen-bond donors (Lipinski definition) is 2. The molecule has 2 aromatic rings.